The van der Waals surface area contributed by atoms with Crippen molar-refractivity contribution >= 4 is 47.9 Å². The Morgan fingerprint density at radius 3 is 2.61 bits per heavy atom. The van der Waals surface area contributed by atoms with E-state index in [1.807, 2.05) is 30.3 Å². The van der Waals surface area contributed by atoms with Gasteiger partial charge in [0.2, 0.25) is 0 Å². The standard InChI is InChI=1S/C19H32NO5P3/c1-13(2)18-16(9-10-24-14(3)21)20(19(18)23)27-28-26-12-17(22)25-11-15-7-5-4-6-8-15/h4-8,12-13,16,18H,9-11,26H2,1-3,27-28H3. The fourth-order valence-corrected chi connectivity index (χ4v) is 14.9. The Labute approximate surface area is 170 Å². The molecule has 0 radical (unpaired) electrons. The Bertz CT molecular complexity index is 711. The molecule has 0 spiro atoms. The molecule has 28 heavy (non-hydrogen) atoms. The van der Waals surface area contributed by atoms with Gasteiger partial charge in [-0.3, -0.25) is 0 Å². The molecule has 0 aliphatic carbocycles. The maximum atomic E-state index is 12.5. The van der Waals surface area contributed by atoms with E-state index in [2.05, 4.69) is 18.5 Å². The van der Waals surface area contributed by atoms with Crippen LogP contribution in [0.15, 0.2) is 30.3 Å². The first-order valence-corrected chi connectivity index (χ1v) is 18.3. The van der Waals surface area contributed by atoms with Crippen molar-refractivity contribution in [3.63, 3.8) is 0 Å². The van der Waals surface area contributed by atoms with Gasteiger partial charge >= 0.3 is 171 Å². The Morgan fingerprint density at radius 1 is 1.25 bits per heavy atom. The van der Waals surface area contributed by atoms with Crippen LogP contribution in [0.25, 0.3) is 0 Å². The Kier molecular flexibility index (Phi) is 9.65. The third kappa shape index (κ3) is 6.99. The van der Waals surface area contributed by atoms with Crippen LogP contribution in [-0.2, 0) is 30.5 Å². The van der Waals surface area contributed by atoms with Gasteiger partial charge in [0.15, 0.2) is 0 Å². The van der Waals surface area contributed by atoms with E-state index in [4.69, 9.17) is 9.47 Å². The van der Waals surface area contributed by atoms with E-state index in [0.717, 1.165) is 5.56 Å². The summed E-state index contributed by atoms with van der Waals surface area (Å²) in [7, 11) is -1.04. The molecule has 9 heteroatoms. The molecule has 0 saturated carbocycles. The Morgan fingerprint density at radius 2 is 1.96 bits per heavy atom. The summed E-state index contributed by atoms with van der Waals surface area (Å²) in [4.78, 5) is 35.3. The van der Waals surface area contributed by atoms with Crippen molar-refractivity contribution in [3.05, 3.63) is 35.9 Å². The summed E-state index contributed by atoms with van der Waals surface area (Å²) >= 11 is 0. The van der Waals surface area contributed by atoms with E-state index in [1.165, 1.54) is 6.92 Å². The second kappa shape index (κ2) is 11.7. The summed E-state index contributed by atoms with van der Waals surface area (Å²) in [5.41, 5.74) is 0.979. The molecule has 1 aliphatic heterocycles. The first-order chi connectivity index (χ1) is 13.4. The maximum absolute atomic E-state index is 12.5. The molecule has 3 unspecified atom stereocenters. The second-order valence-electron chi connectivity index (χ2n) is 7.28. The van der Waals surface area contributed by atoms with Gasteiger partial charge in [0, 0.05) is 0 Å². The number of hydrogen-bond donors (Lipinski definition) is 0. The van der Waals surface area contributed by atoms with Crippen LogP contribution < -0.4 is 0 Å². The van der Waals surface area contributed by atoms with Crippen LogP contribution in [-0.4, -0.2) is 41.0 Å². The topological polar surface area (TPSA) is 72.9 Å². The molecule has 1 aromatic carbocycles. The van der Waals surface area contributed by atoms with Crippen LogP contribution in [0.1, 0.15) is 32.8 Å². The van der Waals surface area contributed by atoms with Gasteiger partial charge in [0.05, 0.1) is 0 Å². The molecular weight excluding hydrogens is 415 g/mol. The third-order valence-corrected chi connectivity index (χ3v) is 16.4. The fourth-order valence-electron chi connectivity index (χ4n) is 3.47. The number of rotatable bonds is 10. The van der Waals surface area contributed by atoms with E-state index < -0.39 is 16.4 Å². The van der Waals surface area contributed by atoms with Crippen molar-refractivity contribution in [2.24, 2.45) is 11.8 Å². The summed E-state index contributed by atoms with van der Waals surface area (Å²) in [5.74, 6) is 1.79. The molecule has 1 amide bonds. The molecule has 0 bridgehead atoms. The van der Waals surface area contributed by atoms with Crippen molar-refractivity contribution in [1.82, 2.24) is 4.67 Å². The number of carbonyl (C=O) groups excluding carboxylic acids is 3. The molecule has 2 rings (SSSR count). The number of hydrogen-bond acceptors (Lipinski definition) is 5. The van der Waals surface area contributed by atoms with Gasteiger partial charge in [0.25, 0.3) is 0 Å². The van der Waals surface area contributed by atoms with Crippen molar-refractivity contribution in [2.45, 2.75) is 39.8 Å². The first kappa shape index (κ1) is 23.1. The number of β-lactam (4-membered cyclic amide) rings is 1. The van der Waals surface area contributed by atoms with Gasteiger partial charge < -0.3 is 0 Å². The van der Waals surface area contributed by atoms with Gasteiger partial charge in [-0.25, -0.2) is 0 Å². The van der Waals surface area contributed by atoms with Gasteiger partial charge in [-0.05, 0) is 0 Å². The van der Waals surface area contributed by atoms with Gasteiger partial charge in [0.1, 0.15) is 0 Å². The number of amides is 1. The average Bonchev–Trinajstić information content (AvgIpc) is 2.65. The molecule has 0 aromatic heterocycles. The van der Waals surface area contributed by atoms with Crippen LogP contribution in [0.2, 0.25) is 0 Å². The summed E-state index contributed by atoms with van der Waals surface area (Å²) < 4.78 is 12.4. The minimum atomic E-state index is -0.611. The van der Waals surface area contributed by atoms with E-state index in [0.29, 0.717) is 25.6 Å². The summed E-state index contributed by atoms with van der Waals surface area (Å²) in [6.07, 6.45) is 0.716. The number of ether oxygens (including phenoxy) is 2. The summed E-state index contributed by atoms with van der Waals surface area (Å²) in [5, 5.41) is 0. The zero-order valence-electron chi connectivity index (χ0n) is 16.8. The van der Waals surface area contributed by atoms with Crippen LogP contribution in [0.3, 0.4) is 0 Å². The molecule has 6 nitrogen and oxygen atoms in total. The SMILES string of the molecule is CC(=O)OCCC1C(C(C)C)C(=O)N1[PH3][PH3][PH2]=CC(=O)OCc1ccccc1. The van der Waals surface area contributed by atoms with Gasteiger partial charge in [-0.15, -0.1) is 0 Å². The van der Waals surface area contributed by atoms with E-state index in [1.54, 1.807) is 5.80 Å². The monoisotopic (exact) mass is 447 g/mol. The predicted octanol–water partition coefficient (Wildman–Crippen LogP) is 2.41. The molecule has 3 atom stereocenters. The van der Waals surface area contributed by atoms with Crippen molar-refractivity contribution in [3.8, 4) is 0 Å². The number of esters is 2. The molecule has 1 saturated heterocycles. The van der Waals surface area contributed by atoms with E-state index >= 15 is 0 Å². The molecule has 1 fully saturated rings. The summed E-state index contributed by atoms with van der Waals surface area (Å²) in [6, 6.07) is 9.83. The van der Waals surface area contributed by atoms with Crippen LogP contribution >= 0.6 is 24.3 Å². The number of carbonyl (C=O) groups is 3. The minimum absolute atomic E-state index is 0.0252. The van der Waals surface area contributed by atoms with Crippen molar-refractivity contribution in [1.29, 1.82) is 0 Å². The van der Waals surface area contributed by atoms with E-state index in [-0.39, 0.29) is 37.7 Å². The fraction of sp³-hybridized carbons (Fsp3) is 0.474. The second-order valence-corrected chi connectivity index (χ2v) is 19.5. The molecule has 1 heterocycles. The third-order valence-electron chi connectivity index (χ3n) is 4.83. The quantitative estimate of drug-likeness (QED) is 0.313. The van der Waals surface area contributed by atoms with Gasteiger partial charge in [-0.2, -0.15) is 0 Å². The average molecular weight is 447 g/mol. The van der Waals surface area contributed by atoms with Crippen LogP contribution in [0.4, 0.5) is 0 Å². The van der Waals surface area contributed by atoms with Gasteiger partial charge in [-0.1, -0.05) is 0 Å². The zero-order valence-corrected chi connectivity index (χ0v) is 20.8. The molecular formula is C19H32NO5P3. The van der Waals surface area contributed by atoms with E-state index in [9.17, 15) is 14.4 Å². The predicted molar refractivity (Wildman–Crippen MR) is 124 cm³/mol. The summed E-state index contributed by atoms with van der Waals surface area (Å²) in [6.45, 7) is 6.21. The number of benzene rings is 1. The van der Waals surface area contributed by atoms with Crippen LogP contribution in [0, 0.1) is 11.8 Å². The van der Waals surface area contributed by atoms with Crippen molar-refractivity contribution in [2.75, 3.05) is 6.61 Å². The number of nitrogens with zero attached hydrogens (tertiary/aromatic N) is 1. The molecule has 1 aromatic rings. The normalized spacial score (nSPS) is 19.6. The Balaban J connectivity index is 1.76. The van der Waals surface area contributed by atoms with Crippen molar-refractivity contribution < 1.29 is 23.9 Å². The first-order valence-electron chi connectivity index (χ1n) is 9.71. The zero-order chi connectivity index (χ0) is 20.5. The molecule has 1 aliphatic rings. The molecule has 158 valence electrons. The van der Waals surface area contributed by atoms with Crippen LogP contribution in [0.5, 0.6) is 0 Å². The Hall–Kier alpha value is -1.21. The molecule has 0 N–H and O–H groups in total.